The molecule has 3 fully saturated rings. The molecule has 23 heavy (non-hydrogen) atoms. The van der Waals surface area contributed by atoms with Crippen LogP contribution in [-0.2, 0) is 0 Å². The standard InChI is InChI=1S/C19H36N4/c1-17-6-13-22(14-7-17)12-4-3-11-21-18(20-2)23-15-10-19(16-23)8-5-9-19/h17H,3-16H2,1-2H3,(H,20,21). The predicted octanol–water partition coefficient (Wildman–Crippen LogP) is 2.95. The van der Waals surface area contributed by atoms with Crippen molar-refractivity contribution in [2.45, 2.75) is 58.3 Å². The highest BCUT2D eigenvalue weighted by Crippen LogP contribution is 2.47. The van der Waals surface area contributed by atoms with Gasteiger partial charge in [0.25, 0.3) is 0 Å². The molecule has 1 aliphatic carbocycles. The van der Waals surface area contributed by atoms with Gasteiger partial charge < -0.3 is 15.1 Å². The second-order valence-corrected chi connectivity index (χ2v) is 8.23. The number of guanidine groups is 1. The van der Waals surface area contributed by atoms with Crippen molar-refractivity contribution in [2.24, 2.45) is 16.3 Å². The SMILES string of the molecule is CN=C(NCCCCN1CCC(C)CC1)N1CCC2(CCC2)C1. The molecule has 3 aliphatic rings. The van der Waals surface area contributed by atoms with Gasteiger partial charge in [0.2, 0.25) is 0 Å². The van der Waals surface area contributed by atoms with Gasteiger partial charge in [0.1, 0.15) is 0 Å². The van der Waals surface area contributed by atoms with Gasteiger partial charge in [-0.1, -0.05) is 13.3 Å². The fourth-order valence-corrected chi connectivity index (χ4v) is 4.48. The third kappa shape index (κ3) is 4.40. The van der Waals surface area contributed by atoms with Crippen LogP contribution in [0.3, 0.4) is 0 Å². The second kappa shape index (κ2) is 7.87. The zero-order valence-corrected chi connectivity index (χ0v) is 15.3. The minimum Gasteiger partial charge on any atom is -0.356 e. The maximum atomic E-state index is 4.51. The maximum Gasteiger partial charge on any atom is 0.193 e. The van der Waals surface area contributed by atoms with Crippen molar-refractivity contribution >= 4 is 5.96 Å². The van der Waals surface area contributed by atoms with Gasteiger partial charge >= 0.3 is 0 Å². The first-order chi connectivity index (χ1) is 11.2. The highest BCUT2D eigenvalue weighted by atomic mass is 15.3. The third-order valence-electron chi connectivity index (χ3n) is 6.42. The summed E-state index contributed by atoms with van der Waals surface area (Å²) in [6.45, 7) is 9.79. The van der Waals surface area contributed by atoms with Gasteiger partial charge in [-0.2, -0.15) is 0 Å². The van der Waals surface area contributed by atoms with Crippen LogP contribution in [0.15, 0.2) is 4.99 Å². The second-order valence-electron chi connectivity index (χ2n) is 8.23. The van der Waals surface area contributed by atoms with E-state index in [1.807, 2.05) is 7.05 Å². The van der Waals surface area contributed by atoms with Crippen molar-refractivity contribution in [3.05, 3.63) is 0 Å². The van der Waals surface area contributed by atoms with Crippen LogP contribution in [0.25, 0.3) is 0 Å². The molecule has 0 atom stereocenters. The van der Waals surface area contributed by atoms with Crippen LogP contribution >= 0.6 is 0 Å². The van der Waals surface area contributed by atoms with Gasteiger partial charge in [-0.3, -0.25) is 4.99 Å². The Morgan fingerprint density at radius 2 is 1.91 bits per heavy atom. The largest absolute Gasteiger partial charge is 0.356 e. The summed E-state index contributed by atoms with van der Waals surface area (Å²) in [7, 11) is 1.93. The molecular formula is C19H36N4. The lowest BCUT2D eigenvalue weighted by molar-refractivity contribution is 0.151. The molecule has 2 aliphatic heterocycles. The van der Waals surface area contributed by atoms with Crippen molar-refractivity contribution in [1.82, 2.24) is 15.1 Å². The van der Waals surface area contributed by atoms with Crippen molar-refractivity contribution < 1.29 is 0 Å². The predicted molar refractivity (Wildman–Crippen MR) is 97.9 cm³/mol. The molecule has 0 aromatic heterocycles. The summed E-state index contributed by atoms with van der Waals surface area (Å²) in [6, 6.07) is 0. The number of rotatable bonds is 5. The van der Waals surface area contributed by atoms with Crippen LogP contribution in [-0.4, -0.2) is 62.1 Å². The van der Waals surface area contributed by atoms with Crippen molar-refractivity contribution in [3.8, 4) is 0 Å². The van der Waals surface area contributed by atoms with E-state index in [1.165, 1.54) is 84.1 Å². The summed E-state index contributed by atoms with van der Waals surface area (Å²) < 4.78 is 0. The average molecular weight is 321 g/mol. The van der Waals surface area contributed by atoms with Crippen LogP contribution < -0.4 is 5.32 Å². The van der Waals surface area contributed by atoms with E-state index in [4.69, 9.17) is 0 Å². The summed E-state index contributed by atoms with van der Waals surface area (Å²) in [5.74, 6) is 2.08. The molecule has 0 radical (unpaired) electrons. The van der Waals surface area contributed by atoms with Gasteiger partial charge in [0.15, 0.2) is 5.96 Å². The van der Waals surface area contributed by atoms with E-state index in [-0.39, 0.29) is 0 Å². The molecule has 2 heterocycles. The molecule has 4 heteroatoms. The fraction of sp³-hybridized carbons (Fsp3) is 0.947. The van der Waals surface area contributed by atoms with E-state index in [2.05, 4.69) is 27.0 Å². The molecule has 0 aromatic rings. The smallest absolute Gasteiger partial charge is 0.193 e. The molecule has 1 saturated carbocycles. The number of piperidine rings is 1. The Hall–Kier alpha value is -0.770. The summed E-state index contributed by atoms with van der Waals surface area (Å²) in [5.41, 5.74) is 0.656. The van der Waals surface area contributed by atoms with E-state index < -0.39 is 0 Å². The van der Waals surface area contributed by atoms with Crippen LogP contribution in [0.4, 0.5) is 0 Å². The molecule has 1 spiro atoms. The molecule has 0 bridgehead atoms. The minimum absolute atomic E-state index is 0.656. The first-order valence-electron chi connectivity index (χ1n) is 9.89. The molecular weight excluding hydrogens is 284 g/mol. The summed E-state index contributed by atoms with van der Waals surface area (Å²) in [5, 5.41) is 3.60. The van der Waals surface area contributed by atoms with Crippen LogP contribution in [0, 0.1) is 11.3 Å². The highest BCUT2D eigenvalue weighted by Gasteiger charge is 2.43. The minimum atomic E-state index is 0.656. The summed E-state index contributed by atoms with van der Waals surface area (Å²) in [6.07, 6.45) is 11.0. The average Bonchev–Trinajstić information content (AvgIpc) is 2.98. The van der Waals surface area contributed by atoms with Crippen molar-refractivity contribution in [2.75, 3.05) is 46.3 Å². The van der Waals surface area contributed by atoms with E-state index in [0.29, 0.717) is 5.41 Å². The van der Waals surface area contributed by atoms with E-state index in [1.54, 1.807) is 0 Å². The molecule has 0 aromatic carbocycles. The molecule has 2 saturated heterocycles. The zero-order valence-electron chi connectivity index (χ0n) is 15.3. The monoisotopic (exact) mass is 320 g/mol. The number of aliphatic imine (C=N–C) groups is 1. The Bertz CT molecular complexity index is 394. The van der Waals surface area contributed by atoms with Crippen LogP contribution in [0.2, 0.25) is 0 Å². The van der Waals surface area contributed by atoms with Gasteiger partial charge in [0, 0.05) is 26.7 Å². The first kappa shape index (κ1) is 17.1. The van der Waals surface area contributed by atoms with E-state index >= 15 is 0 Å². The molecule has 1 N–H and O–H groups in total. The van der Waals surface area contributed by atoms with Gasteiger partial charge in [-0.15, -0.1) is 0 Å². The normalized spacial score (nSPS) is 25.8. The van der Waals surface area contributed by atoms with E-state index in [0.717, 1.165) is 18.4 Å². The molecule has 132 valence electrons. The lowest BCUT2D eigenvalue weighted by Gasteiger charge is -2.38. The quantitative estimate of drug-likeness (QED) is 0.480. The fourth-order valence-electron chi connectivity index (χ4n) is 4.48. The maximum absolute atomic E-state index is 4.51. The number of nitrogens with zero attached hydrogens (tertiary/aromatic N) is 3. The number of likely N-dealkylation sites (tertiary alicyclic amines) is 2. The summed E-state index contributed by atoms with van der Waals surface area (Å²) in [4.78, 5) is 9.65. The topological polar surface area (TPSA) is 30.9 Å². The molecule has 4 nitrogen and oxygen atoms in total. The van der Waals surface area contributed by atoms with Gasteiger partial charge in [-0.05, 0) is 75.9 Å². The van der Waals surface area contributed by atoms with Crippen molar-refractivity contribution in [3.63, 3.8) is 0 Å². The van der Waals surface area contributed by atoms with Gasteiger partial charge in [-0.25, -0.2) is 0 Å². The van der Waals surface area contributed by atoms with Crippen LogP contribution in [0.1, 0.15) is 58.3 Å². The van der Waals surface area contributed by atoms with Gasteiger partial charge in [0.05, 0.1) is 0 Å². The third-order valence-corrected chi connectivity index (χ3v) is 6.42. The lowest BCUT2D eigenvalue weighted by atomic mass is 9.68. The zero-order chi connectivity index (χ0) is 16.1. The van der Waals surface area contributed by atoms with Crippen LogP contribution in [0.5, 0.6) is 0 Å². The number of unbranched alkanes of at least 4 members (excludes halogenated alkanes) is 1. The number of hydrogen-bond acceptors (Lipinski definition) is 2. The Morgan fingerprint density at radius 1 is 1.13 bits per heavy atom. The van der Waals surface area contributed by atoms with Crippen molar-refractivity contribution in [1.29, 1.82) is 0 Å². The first-order valence-corrected chi connectivity index (χ1v) is 9.89. The molecule has 3 rings (SSSR count). The molecule has 0 amide bonds. The number of nitrogens with one attached hydrogen (secondary N) is 1. The Morgan fingerprint density at radius 3 is 2.52 bits per heavy atom. The van der Waals surface area contributed by atoms with E-state index in [9.17, 15) is 0 Å². The summed E-state index contributed by atoms with van der Waals surface area (Å²) >= 11 is 0. The Labute approximate surface area is 142 Å². The Kier molecular flexibility index (Phi) is 5.84. The molecule has 0 unspecified atom stereocenters. The highest BCUT2D eigenvalue weighted by molar-refractivity contribution is 5.80. The number of hydrogen-bond donors (Lipinski definition) is 1. The lowest BCUT2D eigenvalue weighted by Crippen LogP contribution is -2.43. The Balaban J connectivity index is 1.29.